The average molecular weight is 182 g/mol. The van der Waals surface area contributed by atoms with Crippen LogP contribution in [-0.4, -0.2) is 36.0 Å². The van der Waals surface area contributed by atoms with Gasteiger partial charge in [-0.15, -0.1) is 0 Å². The summed E-state index contributed by atoms with van der Waals surface area (Å²) in [5.74, 6) is 0.260. The van der Waals surface area contributed by atoms with Crippen molar-refractivity contribution in [2.45, 2.75) is 44.7 Å². The van der Waals surface area contributed by atoms with Crippen LogP contribution in [0.25, 0.3) is 0 Å². The molecule has 2 rings (SSSR count). The predicted molar refractivity (Wildman–Crippen MR) is 51.4 cm³/mol. The van der Waals surface area contributed by atoms with Crippen molar-refractivity contribution in [2.24, 2.45) is 0 Å². The highest BCUT2D eigenvalue weighted by Crippen LogP contribution is 2.30. The fraction of sp³-hybridized carbons (Fsp3) is 0.900. The lowest BCUT2D eigenvalue weighted by Crippen LogP contribution is -2.49. The summed E-state index contributed by atoms with van der Waals surface area (Å²) in [5.41, 5.74) is 0. The molecule has 74 valence electrons. The van der Waals surface area contributed by atoms with Crippen LogP contribution in [0.1, 0.15) is 32.6 Å². The first-order chi connectivity index (χ1) is 6.29. The van der Waals surface area contributed by atoms with Crippen LogP contribution in [0, 0.1) is 0 Å². The maximum absolute atomic E-state index is 11.4. The normalized spacial score (nSPS) is 28.5. The van der Waals surface area contributed by atoms with Gasteiger partial charge in [0.2, 0.25) is 5.91 Å². The molecule has 13 heavy (non-hydrogen) atoms. The number of rotatable bonds is 2. The third kappa shape index (κ3) is 2.02. The van der Waals surface area contributed by atoms with Crippen LogP contribution in [0.4, 0.5) is 0 Å². The summed E-state index contributed by atoms with van der Waals surface area (Å²) >= 11 is 0. The lowest BCUT2D eigenvalue weighted by molar-refractivity contribution is -0.132. The van der Waals surface area contributed by atoms with Gasteiger partial charge in [0.15, 0.2) is 0 Å². The standard InChI is InChI=1S/C10H18N2O/c1-8(13)12(9-4-5-9)10-3-2-6-11-7-10/h9-11H,2-7H2,1H3. The summed E-state index contributed by atoms with van der Waals surface area (Å²) in [6, 6.07) is 1.04. The molecule has 1 aliphatic heterocycles. The topological polar surface area (TPSA) is 32.3 Å². The lowest BCUT2D eigenvalue weighted by atomic mass is 10.1. The summed E-state index contributed by atoms with van der Waals surface area (Å²) in [5, 5.41) is 3.36. The monoisotopic (exact) mass is 182 g/mol. The highest BCUT2D eigenvalue weighted by molar-refractivity contribution is 5.74. The molecule has 1 atom stereocenters. The summed E-state index contributed by atoms with van der Waals surface area (Å²) in [6.07, 6.45) is 4.83. The zero-order chi connectivity index (χ0) is 9.26. The third-order valence-corrected chi connectivity index (χ3v) is 2.97. The molecule has 0 aromatic rings. The molecule has 0 spiro atoms. The zero-order valence-corrected chi connectivity index (χ0v) is 8.25. The molecule has 3 heteroatoms. The van der Waals surface area contributed by atoms with Crippen molar-refractivity contribution >= 4 is 5.91 Å². The van der Waals surface area contributed by atoms with E-state index in [2.05, 4.69) is 10.2 Å². The quantitative estimate of drug-likeness (QED) is 0.683. The van der Waals surface area contributed by atoms with Crippen molar-refractivity contribution in [2.75, 3.05) is 13.1 Å². The molecule has 0 bridgehead atoms. The van der Waals surface area contributed by atoms with E-state index in [1.54, 1.807) is 6.92 Å². The van der Waals surface area contributed by atoms with E-state index in [9.17, 15) is 4.79 Å². The van der Waals surface area contributed by atoms with Crippen molar-refractivity contribution in [3.63, 3.8) is 0 Å². The summed E-state index contributed by atoms with van der Waals surface area (Å²) in [4.78, 5) is 13.5. The minimum absolute atomic E-state index is 0.260. The number of hydrogen-bond donors (Lipinski definition) is 1. The van der Waals surface area contributed by atoms with Crippen LogP contribution in [0.3, 0.4) is 0 Å². The Morgan fingerprint density at radius 1 is 1.31 bits per heavy atom. The van der Waals surface area contributed by atoms with Crippen LogP contribution in [0.5, 0.6) is 0 Å². The van der Waals surface area contributed by atoms with Gasteiger partial charge in [0.1, 0.15) is 0 Å². The molecule has 0 aromatic heterocycles. The van der Waals surface area contributed by atoms with E-state index in [0.717, 1.165) is 13.1 Å². The van der Waals surface area contributed by atoms with Crippen LogP contribution in [0.15, 0.2) is 0 Å². The summed E-state index contributed by atoms with van der Waals surface area (Å²) in [6.45, 7) is 3.82. The third-order valence-electron chi connectivity index (χ3n) is 2.97. The van der Waals surface area contributed by atoms with Gasteiger partial charge in [-0.05, 0) is 32.2 Å². The molecule has 1 aliphatic carbocycles. The van der Waals surface area contributed by atoms with Crippen molar-refractivity contribution < 1.29 is 4.79 Å². The van der Waals surface area contributed by atoms with Gasteiger partial charge in [-0.1, -0.05) is 0 Å². The molecular formula is C10H18N2O. The van der Waals surface area contributed by atoms with Crippen LogP contribution in [0.2, 0.25) is 0 Å². The Balaban J connectivity index is 1.96. The van der Waals surface area contributed by atoms with Gasteiger partial charge in [0, 0.05) is 25.6 Å². The number of piperidine rings is 1. The smallest absolute Gasteiger partial charge is 0.219 e. The average Bonchev–Trinajstić information content (AvgIpc) is 2.90. The Bertz CT molecular complexity index is 195. The van der Waals surface area contributed by atoms with Gasteiger partial charge in [-0.2, -0.15) is 0 Å². The minimum Gasteiger partial charge on any atom is -0.336 e. The highest BCUT2D eigenvalue weighted by Gasteiger charge is 2.35. The Kier molecular flexibility index (Phi) is 2.54. The molecule has 1 unspecified atom stereocenters. The van der Waals surface area contributed by atoms with Crippen molar-refractivity contribution in [3.05, 3.63) is 0 Å². The molecule has 0 radical (unpaired) electrons. The van der Waals surface area contributed by atoms with Gasteiger partial charge in [0.25, 0.3) is 0 Å². The molecule has 1 heterocycles. The Labute approximate surface area is 79.5 Å². The van der Waals surface area contributed by atoms with Gasteiger partial charge in [-0.25, -0.2) is 0 Å². The second-order valence-electron chi connectivity index (χ2n) is 4.16. The first-order valence-electron chi connectivity index (χ1n) is 5.28. The van der Waals surface area contributed by atoms with Crippen LogP contribution >= 0.6 is 0 Å². The minimum atomic E-state index is 0.260. The number of nitrogens with one attached hydrogen (secondary N) is 1. The molecule has 3 nitrogen and oxygen atoms in total. The Morgan fingerprint density at radius 2 is 2.08 bits per heavy atom. The first-order valence-corrected chi connectivity index (χ1v) is 5.28. The molecule has 1 saturated carbocycles. The summed E-state index contributed by atoms with van der Waals surface area (Å²) < 4.78 is 0. The zero-order valence-electron chi connectivity index (χ0n) is 8.25. The second-order valence-corrected chi connectivity index (χ2v) is 4.16. The van der Waals surface area contributed by atoms with E-state index < -0.39 is 0 Å². The van der Waals surface area contributed by atoms with Gasteiger partial charge in [-0.3, -0.25) is 4.79 Å². The maximum atomic E-state index is 11.4. The highest BCUT2D eigenvalue weighted by atomic mass is 16.2. The molecule has 2 aliphatic rings. The Morgan fingerprint density at radius 3 is 2.54 bits per heavy atom. The van der Waals surface area contributed by atoms with E-state index in [0.29, 0.717) is 12.1 Å². The van der Waals surface area contributed by atoms with Crippen LogP contribution in [-0.2, 0) is 4.79 Å². The van der Waals surface area contributed by atoms with E-state index in [4.69, 9.17) is 0 Å². The van der Waals surface area contributed by atoms with Crippen molar-refractivity contribution in [1.82, 2.24) is 10.2 Å². The SMILES string of the molecule is CC(=O)N(C1CC1)C1CCCNC1. The van der Waals surface area contributed by atoms with Crippen molar-refractivity contribution in [3.8, 4) is 0 Å². The van der Waals surface area contributed by atoms with E-state index in [1.165, 1.54) is 25.7 Å². The molecule has 2 fully saturated rings. The molecule has 1 saturated heterocycles. The van der Waals surface area contributed by atoms with Gasteiger partial charge < -0.3 is 10.2 Å². The van der Waals surface area contributed by atoms with Crippen molar-refractivity contribution in [1.29, 1.82) is 0 Å². The largest absolute Gasteiger partial charge is 0.336 e. The van der Waals surface area contributed by atoms with E-state index >= 15 is 0 Å². The fourth-order valence-electron chi connectivity index (χ4n) is 2.24. The molecule has 1 amide bonds. The second kappa shape index (κ2) is 3.66. The lowest BCUT2D eigenvalue weighted by Gasteiger charge is -2.34. The fourth-order valence-corrected chi connectivity index (χ4v) is 2.24. The number of hydrogen-bond acceptors (Lipinski definition) is 2. The first kappa shape index (κ1) is 9.00. The Hall–Kier alpha value is -0.570. The van der Waals surface area contributed by atoms with E-state index in [-0.39, 0.29) is 5.91 Å². The molecular weight excluding hydrogens is 164 g/mol. The predicted octanol–water partition coefficient (Wildman–Crippen LogP) is 0.749. The number of carbonyl (C=O) groups is 1. The molecule has 1 N–H and O–H groups in total. The number of nitrogens with zero attached hydrogens (tertiary/aromatic N) is 1. The number of carbonyl (C=O) groups excluding carboxylic acids is 1. The summed E-state index contributed by atoms with van der Waals surface area (Å²) in [7, 11) is 0. The van der Waals surface area contributed by atoms with Crippen LogP contribution < -0.4 is 5.32 Å². The molecule has 0 aromatic carbocycles. The maximum Gasteiger partial charge on any atom is 0.219 e. The number of amides is 1. The van der Waals surface area contributed by atoms with Gasteiger partial charge >= 0.3 is 0 Å². The van der Waals surface area contributed by atoms with E-state index in [1.807, 2.05) is 0 Å². The van der Waals surface area contributed by atoms with Gasteiger partial charge in [0.05, 0.1) is 0 Å².